The second-order valence-electron chi connectivity index (χ2n) is 5.00. The molecule has 19 heavy (non-hydrogen) atoms. The minimum absolute atomic E-state index is 0.160. The maximum atomic E-state index is 12.3. The summed E-state index contributed by atoms with van der Waals surface area (Å²) >= 11 is 11.7. The van der Waals surface area contributed by atoms with Crippen molar-refractivity contribution in [2.45, 2.75) is 20.3 Å². The molecular weight excluding hydrogens is 287 g/mol. The summed E-state index contributed by atoms with van der Waals surface area (Å²) in [5.74, 6) is 0.000867. The average Bonchev–Trinajstić information content (AvgIpc) is 2.74. The molecule has 0 spiro atoms. The van der Waals surface area contributed by atoms with E-state index < -0.39 is 5.91 Å². The van der Waals surface area contributed by atoms with E-state index in [4.69, 9.17) is 23.2 Å². The van der Waals surface area contributed by atoms with Crippen molar-refractivity contribution in [1.82, 2.24) is 9.88 Å². The van der Waals surface area contributed by atoms with Gasteiger partial charge < -0.3 is 0 Å². The summed E-state index contributed by atoms with van der Waals surface area (Å²) < 4.78 is 0. The van der Waals surface area contributed by atoms with Crippen molar-refractivity contribution in [3.8, 4) is 0 Å². The van der Waals surface area contributed by atoms with E-state index in [0.29, 0.717) is 18.9 Å². The van der Waals surface area contributed by atoms with Crippen molar-refractivity contribution in [3.63, 3.8) is 0 Å². The van der Waals surface area contributed by atoms with E-state index in [0.717, 1.165) is 0 Å². The van der Waals surface area contributed by atoms with Gasteiger partial charge in [0, 0.05) is 19.2 Å². The number of carbonyl (C=O) groups excluding carboxylic acids is 2. The molecule has 0 aromatic carbocycles. The van der Waals surface area contributed by atoms with Gasteiger partial charge in [-0.25, -0.2) is 4.98 Å². The predicted octanol–water partition coefficient (Wildman–Crippen LogP) is 3.03. The van der Waals surface area contributed by atoms with Crippen LogP contribution in [-0.4, -0.2) is 28.2 Å². The highest BCUT2D eigenvalue weighted by atomic mass is 35.5. The first-order valence-electron chi connectivity index (χ1n) is 6.06. The van der Waals surface area contributed by atoms with Crippen LogP contribution in [0.3, 0.4) is 0 Å². The highest BCUT2D eigenvalue weighted by Gasteiger charge is 2.36. The zero-order chi connectivity index (χ0) is 14.2. The van der Waals surface area contributed by atoms with E-state index in [-0.39, 0.29) is 27.6 Å². The zero-order valence-corrected chi connectivity index (χ0v) is 12.2. The lowest BCUT2D eigenvalue weighted by Gasteiger charge is -2.17. The van der Waals surface area contributed by atoms with E-state index >= 15 is 0 Å². The smallest absolute Gasteiger partial charge is 0.262 e. The normalized spacial score (nSPS) is 19.3. The Morgan fingerprint density at radius 2 is 2.16 bits per heavy atom. The van der Waals surface area contributed by atoms with E-state index in [1.165, 1.54) is 17.2 Å². The van der Waals surface area contributed by atoms with Crippen LogP contribution in [0.1, 0.15) is 30.6 Å². The van der Waals surface area contributed by atoms with Gasteiger partial charge in [0.25, 0.3) is 5.91 Å². The molecule has 1 fully saturated rings. The van der Waals surface area contributed by atoms with Gasteiger partial charge in [0.05, 0.1) is 10.6 Å². The minimum Gasteiger partial charge on any atom is -0.278 e. The van der Waals surface area contributed by atoms with Crippen molar-refractivity contribution < 1.29 is 9.59 Å². The van der Waals surface area contributed by atoms with Gasteiger partial charge in [-0.1, -0.05) is 37.0 Å². The summed E-state index contributed by atoms with van der Waals surface area (Å²) in [6.45, 7) is 4.52. The molecule has 2 rings (SSSR count). The van der Waals surface area contributed by atoms with Crippen molar-refractivity contribution >= 4 is 35.0 Å². The summed E-state index contributed by atoms with van der Waals surface area (Å²) in [6.07, 6.45) is 1.72. The minimum atomic E-state index is -0.401. The Labute approximate surface area is 121 Å². The molecule has 1 unspecified atom stereocenters. The molecule has 0 bridgehead atoms. The topological polar surface area (TPSA) is 50.3 Å². The summed E-state index contributed by atoms with van der Waals surface area (Å²) in [6, 6.07) is 1.39. The lowest BCUT2D eigenvalue weighted by Crippen LogP contribution is -2.33. The maximum absolute atomic E-state index is 12.3. The van der Waals surface area contributed by atoms with Gasteiger partial charge in [-0.15, -0.1) is 0 Å². The van der Waals surface area contributed by atoms with Crippen LogP contribution in [0.4, 0.5) is 0 Å². The third kappa shape index (κ3) is 2.90. The van der Waals surface area contributed by atoms with E-state index in [1.54, 1.807) is 0 Å². The largest absolute Gasteiger partial charge is 0.278 e. The molecule has 1 aliphatic rings. The standard InChI is InChI=1S/C13H14Cl2N2O2/c1-7(2)8-3-12(18)17(6-8)13(19)9-4-11(15)16-5-10(9)14/h4-5,7-8H,3,6H2,1-2H3. The summed E-state index contributed by atoms with van der Waals surface area (Å²) in [4.78, 5) is 29.3. The number of nitrogens with zero attached hydrogens (tertiary/aromatic N) is 2. The quantitative estimate of drug-likeness (QED) is 0.623. The first-order chi connectivity index (χ1) is 8.90. The Morgan fingerprint density at radius 3 is 2.74 bits per heavy atom. The number of aromatic nitrogens is 1. The van der Waals surface area contributed by atoms with Crippen LogP contribution < -0.4 is 0 Å². The molecule has 0 aliphatic carbocycles. The van der Waals surface area contributed by atoms with Gasteiger partial charge in [0.15, 0.2) is 0 Å². The SMILES string of the molecule is CC(C)C1CC(=O)N(C(=O)c2cc(Cl)ncc2Cl)C1. The summed E-state index contributed by atoms with van der Waals surface area (Å²) in [5, 5.41) is 0.384. The molecule has 1 aromatic heterocycles. The number of rotatable bonds is 2. The van der Waals surface area contributed by atoms with E-state index in [1.807, 2.05) is 13.8 Å². The lowest BCUT2D eigenvalue weighted by atomic mass is 9.95. The molecule has 6 heteroatoms. The number of carbonyl (C=O) groups is 2. The Bertz CT molecular complexity index is 531. The third-order valence-corrected chi connectivity index (χ3v) is 3.90. The number of hydrogen-bond donors (Lipinski definition) is 0. The van der Waals surface area contributed by atoms with Crippen LogP contribution in [0.2, 0.25) is 10.2 Å². The van der Waals surface area contributed by atoms with Crippen LogP contribution in [-0.2, 0) is 4.79 Å². The molecule has 4 nitrogen and oxygen atoms in total. The van der Waals surface area contributed by atoms with Crippen LogP contribution in [0.15, 0.2) is 12.3 Å². The molecule has 1 aromatic rings. The van der Waals surface area contributed by atoms with Crippen molar-refractivity contribution in [2.75, 3.05) is 6.54 Å². The summed E-state index contributed by atoms with van der Waals surface area (Å²) in [5.41, 5.74) is 0.222. The lowest BCUT2D eigenvalue weighted by molar-refractivity contribution is -0.125. The second-order valence-corrected chi connectivity index (χ2v) is 5.80. The third-order valence-electron chi connectivity index (χ3n) is 3.40. The molecule has 0 radical (unpaired) electrons. The molecule has 1 saturated heterocycles. The fourth-order valence-electron chi connectivity index (χ4n) is 2.10. The van der Waals surface area contributed by atoms with Gasteiger partial charge >= 0.3 is 0 Å². The Kier molecular flexibility index (Phi) is 4.11. The van der Waals surface area contributed by atoms with Crippen LogP contribution in [0.25, 0.3) is 0 Å². The first kappa shape index (κ1) is 14.3. The monoisotopic (exact) mass is 300 g/mol. The Balaban J connectivity index is 2.25. The average molecular weight is 301 g/mol. The van der Waals surface area contributed by atoms with E-state index in [9.17, 15) is 9.59 Å². The highest BCUT2D eigenvalue weighted by Crippen LogP contribution is 2.28. The van der Waals surface area contributed by atoms with E-state index in [2.05, 4.69) is 4.98 Å². The number of amides is 2. The molecular formula is C13H14Cl2N2O2. The van der Waals surface area contributed by atoms with Crippen LogP contribution in [0.5, 0.6) is 0 Å². The van der Waals surface area contributed by atoms with Crippen LogP contribution in [0, 0.1) is 11.8 Å². The molecule has 2 amide bonds. The van der Waals surface area contributed by atoms with Gasteiger partial charge in [-0.3, -0.25) is 14.5 Å². The fourth-order valence-corrected chi connectivity index (χ4v) is 2.44. The number of imide groups is 1. The molecule has 0 saturated carbocycles. The van der Waals surface area contributed by atoms with Gasteiger partial charge in [0.1, 0.15) is 5.15 Å². The number of hydrogen-bond acceptors (Lipinski definition) is 3. The van der Waals surface area contributed by atoms with Crippen LogP contribution >= 0.6 is 23.2 Å². The van der Waals surface area contributed by atoms with Gasteiger partial charge in [-0.2, -0.15) is 0 Å². The molecule has 1 atom stereocenters. The zero-order valence-electron chi connectivity index (χ0n) is 10.7. The molecule has 2 heterocycles. The predicted molar refractivity (Wildman–Crippen MR) is 73.2 cm³/mol. The number of pyridine rings is 1. The number of halogens is 2. The fraction of sp³-hybridized carbons (Fsp3) is 0.462. The number of likely N-dealkylation sites (tertiary alicyclic amines) is 1. The van der Waals surface area contributed by atoms with Crippen molar-refractivity contribution in [3.05, 3.63) is 28.0 Å². The van der Waals surface area contributed by atoms with Crippen molar-refractivity contribution in [2.24, 2.45) is 11.8 Å². The molecule has 0 N–H and O–H groups in total. The van der Waals surface area contributed by atoms with Gasteiger partial charge in [0.2, 0.25) is 5.91 Å². The van der Waals surface area contributed by atoms with Gasteiger partial charge in [-0.05, 0) is 17.9 Å². The first-order valence-corrected chi connectivity index (χ1v) is 6.81. The second kappa shape index (κ2) is 5.47. The maximum Gasteiger partial charge on any atom is 0.262 e. The highest BCUT2D eigenvalue weighted by molar-refractivity contribution is 6.35. The van der Waals surface area contributed by atoms with Crippen molar-refractivity contribution in [1.29, 1.82) is 0 Å². The molecule has 1 aliphatic heterocycles. The molecule has 102 valence electrons. The summed E-state index contributed by atoms with van der Waals surface area (Å²) in [7, 11) is 0. The Morgan fingerprint density at radius 1 is 1.47 bits per heavy atom. The Hall–Kier alpha value is -1.13.